The maximum Gasteiger partial charge on any atom is 0.335 e. The molecule has 4 nitrogen and oxygen atoms in total. The lowest BCUT2D eigenvalue weighted by atomic mass is 10.1. The minimum absolute atomic E-state index is 0.201. The first-order valence-electron chi connectivity index (χ1n) is 6.38. The lowest BCUT2D eigenvalue weighted by Gasteiger charge is -2.10. The quantitative estimate of drug-likeness (QED) is 0.363. The van der Waals surface area contributed by atoms with Gasteiger partial charge in [0, 0.05) is 16.8 Å². The zero-order valence-electron chi connectivity index (χ0n) is 10.9. The molecule has 0 amide bonds. The van der Waals surface area contributed by atoms with Gasteiger partial charge in [-0.2, -0.15) is 0 Å². The molecule has 2 aromatic carbocycles. The first-order valence-corrected chi connectivity index (χ1v) is 6.38. The van der Waals surface area contributed by atoms with E-state index in [1.807, 2.05) is 30.3 Å². The maximum absolute atomic E-state index is 11.3. The van der Waals surface area contributed by atoms with E-state index in [1.165, 1.54) is 0 Å². The summed E-state index contributed by atoms with van der Waals surface area (Å²) < 4.78 is 16.1. The van der Waals surface area contributed by atoms with Gasteiger partial charge in [0.1, 0.15) is 24.2 Å². The molecule has 0 spiro atoms. The van der Waals surface area contributed by atoms with Gasteiger partial charge >= 0.3 is 5.97 Å². The maximum atomic E-state index is 11.3. The van der Waals surface area contributed by atoms with Crippen LogP contribution in [0.25, 0.3) is 10.8 Å². The summed E-state index contributed by atoms with van der Waals surface area (Å²) in [5.41, 5.74) is 0. The highest BCUT2D eigenvalue weighted by molar-refractivity contribution is 5.95. The fourth-order valence-electron chi connectivity index (χ4n) is 1.96. The molecule has 1 atom stereocenters. The zero-order valence-corrected chi connectivity index (χ0v) is 10.9. The van der Waals surface area contributed by atoms with Crippen LogP contribution >= 0.6 is 0 Å². The lowest BCUT2D eigenvalue weighted by Crippen LogP contribution is -2.05. The molecular formula is C16H14O4. The van der Waals surface area contributed by atoms with E-state index in [-0.39, 0.29) is 6.10 Å². The molecule has 0 radical (unpaired) electrons. The van der Waals surface area contributed by atoms with Crippen LogP contribution in [-0.4, -0.2) is 25.3 Å². The molecule has 20 heavy (non-hydrogen) atoms. The van der Waals surface area contributed by atoms with Crippen molar-refractivity contribution in [2.45, 2.75) is 6.10 Å². The third kappa shape index (κ3) is 2.65. The minimum atomic E-state index is -0.477. The van der Waals surface area contributed by atoms with Crippen LogP contribution < -0.4 is 9.47 Å². The zero-order chi connectivity index (χ0) is 13.9. The smallest absolute Gasteiger partial charge is 0.335 e. The number of benzene rings is 2. The molecule has 3 rings (SSSR count). The second-order valence-electron chi connectivity index (χ2n) is 4.50. The van der Waals surface area contributed by atoms with Crippen molar-refractivity contribution >= 4 is 16.7 Å². The van der Waals surface area contributed by atoms with Crippen molar-refractivity contribution in [3.8, 4) is 11.5 Å². The number of hydrogen-bond acceptors (Lipinski definition) is 4. The van der Waals surface area contributed by atoms with Gasteiger partial charge in [0.15, 0.2) is 0 Å². The van der Waals surface area contributed by atoms with Crippen molar-refractivity contribution in [2.75, 3.05) is 13.2 Å². The number of hydrogen-bond donors (Lipinski definition) is 0. The Balaban J connectivity index is 1.94. The first-order chi connectivity index (χ1) is 9.78. The van der Waals surface area contributed by atoms with Crippen LogP contribution in [0, 0.1) is 0 Å². The largest absolute Gasteiger partial charge is 0.490 e. The van der Waals surface area contributed by atoms with Gasteiger partial charge in [-0.15, -0.1) is 0 Å². The number of carbonyl (C=O) groups is 1. The fraction of sp³-hybridized carbons (Fsp3) is 0.188. The van der Waals surface area contributed by atoms with Gasteiger partial charge < -0.3 is 14.2 Å². The van der Waals surface area contributed by atoms with Crippen molar-refractivity contribution in [2.24, 2.45) is 0 Å². The average molecular weight is 270 g/mol. The fourth-order valence-corrected chi connectivity index (χ4v) is 1.96. The molecule has 0 aliphatic carbocycles. The van der Waals surface area contributed by atoms with Crippen LogP contribution in [0.3, 0.4) is 0 Å². The Bertz CT molecular complexity index is 659. The molecule has 1 fully saturated rings. The standard InChI is InChI=1S/C16H14O4/c1-2-16(17)20-15-8-4-5-12-13(15)6-3-7-14(12)19-10-11-9-18-11/h2-8,11H,1,9-10H2. The molecule has 102 valence electrons. The first kappa shape index (κ1) is 12.7. The summed E-state index contributed by atoms with van der Waals surface area (Å²) >= 11 is 0. The molecule has 2 aromatic rings. The summed E-state index contributed by atoms with van der Waals surface area (Å²) in [7, 11) is 0. The second-order valence-corrected chi connectivity index (χ2v) is 4.50. The van der Waals surface area contributed by atoms with Crippen molar-refractivity contribution in [3.05, 3.63) is 49.1 Å². The summed E-state index contributed by atoms with van der Waals surface area (Å²) in [6.07, 6.45) is 1.34. The molecule has 0 N–H and O–H groups in total. The van der Waals surface area contributed by atoms with E-state index in [0.717, 1.165) is 29.2 Å². The average Bonchev–Trinajstić information content (AvgIpc) is 3.29. The highest BCUT2D eigenvalue weighted by Crippen LogP contribution is 2.32. The van der Waals surface area contributed by atoms with Crippen molar-refractivity contribution in [3.63, 3.8) is 0 Å². The third-order valence-corrected chi connectivity index (χ3v) is 3.05. The highest BCUT2D eigenvalue weighted by Gasteiger charge is 2.23. The van der Waals surface area contributed by atoms with Crippen LogP contribution in [0.4, 0.5) is 0 Å². The van der Waals surface area contributed by atoms with Gasteiger partial charge in [0.25, 0.3) is 0 Å². The molecule has 1 aliphatic rings. The molecule has 1 heterocycles. The highest BCUT2D eigenvalue weighted by atomic mass is 16.6. The number of epoxide rings is 1. The summed E-state index contributed by atoms with van der Waals surface area (Å²) in [5, 5.41) is 1.74. The predicted octanol–water partition coefficient (Wildman–Crippen LogP) is 2.71. The molecule has 0 aromatic heterocycles. The minimum Gasteiger partial charge on any atom is -0.490 e. The number of carbonyl (C=O) groups excluding carboxylic acids is 1. The molecular weight excluding hydrogens is 256 g/mol. The van der Waals surface area contributed by atoms with Gasteiger partial charge in [0.2, 0.25) is 0 Å². The Hall–Kier alpha value is -2.33. The van der Waals surface area contributed by atoms with Crippen molar-refractivity contribution < 1.29 is 19.0 Å². The van der Waals surface area contributed by atoms with Crippen molar-refractivity contribution in [1.82, 2.24) is 0 Å². The Morgan fingerprint density at radius 1 is 1.25 bits per heavy atom. The van der Waals surface area contributed by atoms with E-state index >= 15 is 0 Å². The van der Waals surface area contributed by atoms with Crippen molar-refractivity contribution in [1.29, 1.82) is 0 Å². The number of rotatable bonds is 5. The number of ether oxygens (including phenoxy) is 3. The van der Waals surface area contributed by atoms with Gasteiger partial charge in [-0.3, -0.25) is 0 Å². The lowest BCUT2D eigenvalue weighted by molar-refractivity contribution is -0.128. The topological polar surface area (TPSA) is 48.1 Å². The Morgan fingerprint density at radius 2 is 1.90 bits per heavy atom. The summed E-state index contributed by atoms with van der Waals surface area (Å²) in [5.74, 6) is 0.783. The van der Waals surface area contributed by atoms with Gasteiger partial charge in [-0.25, -0.2) is 4.79 Å². The number of esters is 1. The Kier molecular flexibility index (Phi) is 3.39. The van der Waals surface area contributed by atoms with Gasteiger partial charge in [-0.1, -0.05) is 30.8 Å². The molecule has 1 aliphatic heterocycles. The number of fused-ring (bicyclic) bond motifs is 1. The second kappa shape index (κ2) is 5.35. The van der Waals surface area contributed by atoms with E-state index in [2.05, 4.69) is 6.58 Å². The molecule has 0 bridgehead atoms. The molecule has 1 saturated heterocycles. The summed E-state index contributed by atoms with van der Waals surface area (Å²) in [4.78, 5) is 11.3. The molecule has 4 heteroatoms. The van der Waals surface area contributed by atoms with E-state index in [9.17, 15) is 4.79 Å². The van der Waals surface area contributed by atoms with E-state index in [1.54, 1.807) is 6.07 Å². The Labute approximate surface area is 116 Å². The van der Waals surface area contributed by atoms with Crippen LogP contribution in [0.5, 0.6) is 11.5 Å². The Morgan fingerprint density at radius 3 is 2.55 bits per heavy atom. The van der Waals surface area contributed by atoms with Gasteiger partial charge in [-0.05, 0) is 12.1 Å². The van der Waals surface area contributed by atoms with E-state index in [0.29, 0.717) is 12.4 Å². The summed E-state index contributed by atoms with van der Waals surface area (Å²) in [6.45, 7) is 4.69. The summed E-state index contributed by atoms with van der Waals surface area (Å²) in [6, 6.07) is 11.2. The van der Waals surface area contributed by atoms with E-state index < -0.39 is 5.97 Å². The molecule has 0 saturated carbocycles. The third-order valence-electron chi connectivity index (χ3n) is 3.05. The van der Waals surface area contributed by atoms with Crippen LogP contribution in [0.1, 0.15) is 0 Å². The molecule has 1 unspecified atom stereocenters. The SMILES string of the molecule is C=CC(=O)Oc1cccc2c(OCC3CO3)cccc12. The predicted molar refractivity (Wildman–Crippen MR) is 75.0 cm³/mol. The van der Waals surface area contributed by atoms with Crippen LogP contribution in [0.15, 0.2) is 49.1 Å². The van der Waals surface area contributed by atoms with Gasteiger partial charge in [0.05, 0.1) is 6.61 Å². The van der Waals surface area contributed by atoms with E-state index in [4.69, 9.17) is 14.2 Å². The van der Waals surface area contributed by atoms with Crippen LogP contribution in [-0.2, 0) is 9.53 Å². The normalized spacial score (nSPS) is 16.7. The van der Waals surface area contributed by atoms with Crippen LogP contribution in [0.2, 0.25) is 0 Å². The monoisotopic (exact) mass is 270 g/mol.